The van der Waals surface area contributed by atoms with Crippen molar-refractivity contribution in [3.05, 3.63) is 46.4 Å². The lowest BCUT2D eigenvalue weighted by molar-refractivity contribution is 0.477. The number of phenols is 1. The Labute approximate surface area is 126 Å². The van der Waals surface area contributed by atoms with E-state index in [9.17, 15) is 13.5 Å². The summed E-state index contributed by atoms with van der Waals surface area (Å²) in [5.41, 5.74) is 5.60. The van der Waals surface area contributed by atoms with Crippen LogP contribution >= 0.6 is 23.2 Å². The Hall–Kier alpha value is -1.63. The maximum Gasteiger partial charge on any atom is 0.262 e. The van der Waals surface area contributed by atoms with E-state index < -0.39 is 10.0 Å². The summed E-state index contributed by atoms with van der Waals surface area (Å²) < 4.78 is 26.7. The van der Waals surface area contributed by atoms with Gasteiger partial charge in [-0.3, -0.25) is 4.72 Å². The Kier molecular flexibility index (Phi) is 3.99. The van der Waals surface area contributed by atoms with Gasteiger partial charge in [0.2, 0.25) is 0 Å². The molecular weight excluding hydrogens is 323 g/mol. The van der Waals surface area contributed by atoms with Gasteiger partial charge in [-0.05, 0) is 36.4 Å². The predicted octanol–water partition coefficient (Wildman–Crippen LogP) is 3.08. The van der Waals surface area contributed by atoms with E-state index in [1.807, 2.05) is 0 Å². The van der Waals surface area contributed by atoms with Gasteiger partial charge in [0.1, 0.15) is 5.75 Å². The number of hydrogen-bond donors (Lipinski definition) is 3. The van der Waals surface area contributed by atoms with Crippen LogP contribution in [-0.2, 0) is 10.0 Å². The van der Waals surface area contributed by atoms with Crippen molar-refractivity contribution in [1.29, 1.82) is 0 Å². The molecule has 4 N–H and O–H groups in total. The summed E-state index contributed by atoms with van der Waals surface area (Å²) in [4.78, 5) is -0.0937. The van der Waals surface area contributed by atoms with E-state index in [1.54, 1.807) is 6.07 Å². The molecule has 0 aliphatic carbocycles. The minimum Gasteiger partial charge on any atom is -0.506 e. The minimum atomic E-state index is -3.88. The summed E-state index contributed by atoms with van der Waals surface area (Å²) in [6.45, 7) is 0. The van der Waals surface area contributed by atoms with Crippen molar-refractivity contribution in [1.82, 2.24) is 0 Å². The van der Waals surface area contributed by atoms with Gasteiger partial charge in [0.25, 0.3) is 10.0 Å². The first kappa shape index (κ1) is 14.8. The molecule has 8 heteroatoms. The van der Waals surface area contributed by atoms with Crippen molar-refractivity contribution in [2.24, 2.45) is 0 Å². The number of hydrogen-bond acceptors (Lipinski definition) is 4. The van der Waals surface area contributed by atoms with Gasteiger partial charge in [-0.2, -0.15) is 0 Å². The van der Waals surface area contributed by atoms with E-state index in [4.69, 9.17) is 28.9 Å². The van der Waals surface area contributed by atoms with E-state index in [-0.39, 0.29) is 27.0 Å². The van der Waals surface area contributed by atoms with Crippen LogP contribution in [-0.4, -0.2) is 13.5 Å². The summed E-state index contributed by atoms with van der Waals surface area (Å²) >= 11 is 11.7. The van der Waals surface area contributed by atoms with Gasteiger partial charge in [0, 0.05) is 5.02 Å². The molecule has 0 saturated carbocycles. The average Bonchev–Trinajstić information content (AvgIpc) is 2.36. The first-order valence-electron chi connectivity index (χ1n) is 5.36. The first-order valence-corrected chi connectivity index (χ1v) is 7.60. The predicted molar refractivity (Wildman–Crippen MR) is 79.8 cm³/mol. The van der Waals surface area contributed by atoms with E-state index >= 15 is 0 Å². The van der Waals surface area contributed by atoms with Crippen molar-refractivity contribution in [3.8, 4) is 5.75 Å². The molecule has 0 aromatic heterocycles. The molecule has 2 aromatic carbocycles. The van der Waals surface area contributed by atoms with E-state index in [1.165, 1.54) is 24.3 Å². The Balaban J connectivity index is 2.40. The van der Waals surface area contributed by atoms with Gasteiger partial charge in [-0.25, -0.2) is 8.42 Å². The van der Waals surface area contributed by atoms with E-state index in [0.29, 0.717) is 5.02 Å². The van der Waals surface area contributed by atoms with E-state index in [0.717, 1.165) is 6.07 Å². The van der Waals surface area contributed by atoms with Crippen LogP contribution in [0.15, 0.2) is 41.3 Å². The summed E-state index contributed by atoms with van der Waals surface area (Å²) in [5.74, 6) is -0.190. The second kappa shape index (κ2) is 5.40. The monoisotopic (exact) mass is 332 g/mol. The highest BCUT2D eigenvalue weighted by molar-refractivity contribution is 7.92. The smallest absolute Gasteiger partial charge is 0.262 e. The number of nitrogens with two attached hydrogens (primary N) is 1. The number of sulfonamides is 1. The molecular formula is C12H10Cl2N2O3S. The molecule has 5 nitrogen and oxygen atoms in total. The molecule has 0 amide bonds. The number of phenolic OH excluding ortho intramolecular Hbond substituents is 1. The number of benzene rings is 2. The molecule has 2 rings (SSSR count). The van der Waals surface area contributed by atoms with Crippen LogP contribution < -0.4 is 10.5 Å². The average molecular weight is 333 g/mol. The van der Waals surface area contributed by atoms with Crippen molar-refractivity contribution in [2.75, 3.05) is 10.5 Å². The normalized spacial score (nSPS) is 11.3. The molecule has 106 valence electrons. The highest BCUT2D eigenvalue weighted by Crippen LogP contribution is 2.29. The van der Waals surface area contributed by atoms with E-state index in [2.05, 4.69) is 4.72 Å². The molecule has 0 saturated heterocycles. The number of anilines is 2. The van der Waals surface area contributed by atoms with Crippen molar-refractivity contribution >= 4 is 44.6 Å². The van der Waals surface area contributed by atoms with Gasteiger partial charge in [0.05, 0.1) is 21.3 Å². The maximum absolute atomic E-state index is 12.2. The van der Waals surface area contributed by atoms with Crippen molar-refractivity contribution in [2.45, 2.75) is 4.90 Å². The molecule has 0 bridgehead atoms. The zero-order valence-corrected chi connectivity index (χ0v) is 12.3. The molecule has 0 aliphatic rings. The van der Waals surface area contributed by atoms with Crippen molar-refractivity contribution in [3.63, 3.8) is 0 Å². The van der Waals surface area contributed by atoms with Crippen LogP contribution in [0, 0.1) is 0 Å². The van der Waals surface area contributed by atoms with Crippen LogP contribution in [0.4, 0.5) is 11.4 Å². The van der Waals surface area contributed by atoms with Crippen molar-refractivity contribution < 1.29 is 13.5 Å². The first-order chi connectivity index (χ1) is 9.29. The fourth-order valence-electron chi connectivity index (χ4n) is 1.48. The zero-order chi connectivity index (χ0) is 14.9. The molecule has 0 atom stereocenters. The van der Waals surface area contributed by atoms with Crippen LogP contribution in [0.1, 0.15) is 0 Å². The quantitative estimate of drug-likeness (QED) is 0.594. The highest BCUT2D eigenvalue weighted by Gasteiger charge is 2.17. The lowest BCUT2D eigenvalue weighted by Gasteiger charge is -2.10. The Bertz CT molecular complexity index is 763. The summed E-state index contributed by atoms with van der Waals surface area (Å²) in [6.07, 6.45) is 0. The Morgan fingerprint density at radius 1 is 1.10 bits per heavy atom. The molecule has 0 fully saturated rings. The molecule has 2 aromatic rings. The molecule has 20 heavy (non-hydrogen) atoms. The summed E-state index contributed by atoms with van der Waals surface area (Å²) in [6, 6.07) is 7.99. The fraction of sp³-hybridized carbons (Fsp3) is 0. The van der Waals surface area contributed by atoms with Crippen LogP contribution in [0.2, 0.25) is 10.0 Å². The number of nitrogen functional groups attached to an aromatic ring is 1. The van der Waals surface area contributed by atoms with Gasteiger partial charge < -0.3 is 10.8 Å². The number of rotatable bonds is 3. The van der Waals surface area contributed by atoms with Gasteiger partial charge in [0.15, 0.2) is 0 Å². The van der Waals surface area contributed by atoms with Gasteiger partial charge in [-0.15, -0.1) is 0 Å². The van der Waals surface area contributed by atoms with Gasteiger partial charge in [-0.1, -0.05) is 23.2 Å². The summed E-state index contributed by atoms with van der Waals surface area (Å²) in [7, 11) is -3.88. The third-order valence-corrected chi connectivity index (χ3v) is 4.41. The van der Waals surface area contributed by atoms with Gasteiger partial charge >= 0.3 is 0 Å². The second-order valence-corrected chi connectivity index (χ2v) is 6.48. The Morgan fingerprint density at radius 3 is 2.45 bits per heavy atom. The lowest BCUT2D eigenvalue weighted by atomic mass is 10.3. The topological polar surface area (TPSA) is 92.4 Å². The fourth-order valence-corrected chi connectivity index (χ4v) is 2.98. The maximum atomic E-state index is 12.2. The van der Waals surface area contributed by atoms with Crippen LogP contribution in [0.25, 0.3) is 0 Å². The minimum absolute atomic E-state index is 0.0370. The molecule has 0 spiro atoms. The largest absolute Gasteiger partial charge is 0.506 e. The second-order valence-electron chi connectivity index (χ2n) is 3.95. The van der Waals surface area contributed by atoms with Crippen LogP contribution in [0.5, 0.6) is 5.75 Å². The molecule has 0 radical (unpaired) electrons. The zero-order valence-electron chi connectivity index (χ0n) is 9.97. The number of aromatic hydroxyl groups is 1. The lowest BCUT2D eigenvalue weighted by Crippen LogP contribution is -2.13. The number of nitrogens with one attached hydrogen (secondary N) is 1. The SMILES string of the molecule is Nc1cc(S(=O)(=O)Nc2cc(Cl)ccc2Cl)ccc1O. The standard InChI is InChI=1S/C12H10Cl2N2O3S/c13-7-1-3-9(14)11(5-7)16-20(18,19)8-2-4-12(17)10(15)6-8/h1-6,16-17H,15H2. The summed E-state index contributed by atoms with van der Waals surface area (Å²) in [5, 5.41) is 9.86. The van der Waals surface area contributed by atoms with Crippen LogP contribution in [0.3, 0.4) is 0 Å². The third-order valence-electron chi connectivity index (χ3n) is 2.48. The molecule has 0 aliphatic heterocycles. The number of halogens is 2. The highest BCUT2D eigenvalue weighted by atomic mass is 35.5. The Morgan fingerprint density at radius 2 is 1.80 bits per heavy atom. The molecule has 0 heterocycles. The third kappa shape index (κ3) is 3.09. The molecule has 0 unspecified atom stereocenters.